The molecule has 172 valence electrons. The molecule has 1 aliphatic carbocycles. The molecule has 4 heteroatoms. The van der Waals surface area contributed by atoms with E-state index in [1.807, 2.05) is 0 Å². The van der Waals surface area contributed by atoms with Gasteiger partial charge < -0.3 is 4.74 Å². The van der Waals surface area contributed by atoms with Crippen molar-refractivity contribution in [1.82, 2.24) is 10.2 Å². The number of hydrogen-bond acceptors (Lipinski definition) is 4. The smallest absolute Gasteiger partial charge is 0.147 e. The summed E-state index contributed by atoms with van der Waals surface area (Å²) in [5, 5.41) is 10.9. The Kier molecular flexibility index (Phi) is 10.8. The summed E-state index contributed by atoms with van der Waals surface area (Å²) in [6.45, 7) is 5.37. The van der Waals surface area contributed by atoms with Crippen molar-refractivity contribution >= 4 is 11.3 Å². The molecule has 3 rings (SSSR count). The van der Waals surface area contributed by atoms with Gasteiger partial charge in [-0.25, -0.2) is 0 Å². The number of ether oxygens (including phenoxy) is 1. The molecule has 1 aromatic heterocycles. The van der Waals surface area contributed by atoms with Crippen LogP contribution in [-0.2, 0) is 6.42 Å². The number of aromatic nitrogens is 2. The maximum atomic E-state index is 6.06. The first-order chi connectivity index (χ1) is 15.3. The van der Waals surface area contributed by atoms with Gasteiger partial charge in [-0.2, -0.15) is 0 Å². The molecule has 2 unspecified atom stereocenters. The standard InChI is InChI=1S/C27H42N2OS/c1-3-5-7-12-22-13-9-10-14-23(22)15-11-21-30-25-19-17-24(18-20-25)27-29-28-26(31-27)16-8-6-4-2/h17-20,22-23H,3-16,21H2,1-2H3. The summed E-state index contributed by atoms with van der Waals surface area (Å²) in [7, 11) is 0. The van der Waals surface area contributed by atoms with Gasteiger partial charge in [-0.3, -0.25) is 0 Å². The van der Waals surface area contributed by atoms with Crippen LogP contribution in [0.5, 0.6) is 5.75 Å². The topological polar surface area (TPSA) is 35.0 Å². The predicted molar refractivity (Wildman–Crippen MR) is 133 cm³/mol. The summed E-state index contributed by atoms with van der Waals surface area (Å²) in [5.74, 6) is 2.87. The first-order valence-electron chi connectivity index (χ1n) is 12.9. The van der Waals surface area contributed by atoms with E-state index in [4.69, 9.17) is 4.74 Å². The third-order valence-electron chi connectivity index (χ3n) is 6.80. The van der Waals surface area contributed by atoms with Crippen molar-refractivity contribution in [3.63, 3.8) is 0 Å². The second-order valence-electron chi connectivity index (χ2n) is 9.27. The first kappa shape index (κ1) is 24.2. The molecule has 0 radical (unpaired) electrons. The van der Waals surface area contributed by atoms with Gasteiger partial charge in [0.15, 0.2) is 0 Å². The van der Waals surface area contributed by atoms with Crippen molar-refractivity contribution in [2.45, 2.75) is 104 Å². The Hall–Kier alpha value is -1.42. The lowest BCUT2D eigenvalue weighted by molar-refractivity contribution is 0.190. The molecule has 0 amide bonds. The van der Waals surface area contributed by atoms with Gasteiger partial charge in [0.05, 0.1) is 6.61 Å². The minimum atomic E-state index is 0.831. The first-order valence-corrected chi connectivity index (χ1v) is 13.7. The van der Waals surface area contributed by atoms with Crippen molar-refractivity contribution in [3.05, 3.63) is 29.3 Å². The maximum Gasteiger partial charge on any atom is 0.147 e. The van der Waals surface area contributed by atoms with Crippen LogP contribution in [0.3, 0.4) is 0 Å². The Balaban J connectivity index is 1.39. The normalized spacial score (nSPS) is 18.9. The Morgan fingerprint density at radius 2 is 1.52 bits per heavy atom. The van der Waals surface area contributed by atoms with Gasteiger partial charge >= 0.3 is 0 Å². The molecular weight excluding hydrogens is 400 g/mol. The molecule has 3 nitrogen and oxygen atoms in total. The molecule has 1 heterocycles. The van der Waals surface area contributed by atoms with E-state index in [1.54, 1.807) is 11.3 Å². The van der Waals surface area contributed by atoms with Gasteiger partial charge in [-0.1, -0.05) is 89.4 Å². The molecular formula is C27H42N2OS. The van der Waals surface area contributed by atoms with Crippen LogP contribution in [0.25, 0.3) is 10.6 Å². The Morgan fingerprint density at radius 1 is 0.839 bits per heavy atom. The van der Waals surface area contributed by atoms with E-state index in [9.17, 15) is 0 Å². The minimum Gasteiger partial charge on any atom is -0.494 e. The van der Waals surface area contributed by atoms with Crippen molar-refractivity contribution in [3.8, 4) is 16.3 Å². The SMILES string of the molecule is CCCCCc1nnc(-c2ccc(OCCCC3CCCCC3CCCCC)cc2)s1. The molecule has 0 saturated heterocycles. The molecule has 0 N–H and O–H groups in total. The number of rotatable bonds is 14. The molecule has 1 aliphatic rings. The Labute approximate surface area is 194 Å². The highest BCUT2D eigenvalue weighted by molar-refractivity contribution is 7.14. The summed E-state index contributed by atoms with van der Waals surface area (Å²) in [5.41, 5.74) is 1.14. The van der Waals surface area contributed by atoms with Crippen LogP contribution < -0.4 is 4.74 Å². The highest BCUT2D eigenvalue weighted by atomic mass is 32.1. The van der Waals surface area contributed by atoms with Gasteiger partial charge in [-0.15, -0.1) is 10.2 Å². The fraction of sp³-hybridized carbons (Fsp3) is 0.704. The van der Waals surface area contributed by atoms with E-state index in [-0.39, 0.29) is 0 Å². The predicted octanol–water partition coefficient (Wildman–Crippen LogP) is 8.48. The van der Waals surface area contributed by atoms with E-state index >= 15 is 0 Å². The highest BCUT2D eigenvalue weighted by Gasteiger charge is 2.24. The summed E-state index contributed by atoms with van der Waals surface area (Å²) in [4.78, 5) is 0. The summed E-state index contributed by atoms with van der Waals surface area (Å²) < 4.78 is 6.06. The van der Waals surface area contributed by atoms with Crippen molar-refractivity contribution in [2.24, 2.45) is 11.8 Å². The van der Waals surface area contributed by atoms with Gasteiger partial charge in [0.1, 0.15) is 15.8 Å². The van der Waals surface area contributed by atoms with E-state index in [2.05, 4.69) is 48.3 Å². The van der Waals surface area contributed by atoms with E-state index in [0.717, 1.165) is 46.2 Å². The number of nitrogens with zero attached hydrogens (tertiary/aromatic N) is 2. The zero-order valence-electron chi connectivity index (χ0n) is 19.8. The Morgan fingerprint density at radius 3 is 2.23 bits per heavy atom. The molecule has 0 aliphatic heterocycles. The zero-order chi connectivity index (χ0) is 21.7. The van der Waals surface area contributed by atoms with E-state index in [1.165, 1.54) is 83.5 Å². The molecule has 2 aromatic rings. The minimum absolute atomic E-state index is 0.831. The molecule has 0 spiro atoms. The molecule has 1 fully saturated rings. The Bertz CT molecular complexity index is 727. The van der Waals surface area contributed by atoms with Gasteiger partial charge in [-0.05, 0) is 55.4 Å². The lowest BCUT2D eigenvalue weighted by Crippen LogP contribution is -2.20. The number of benzene rings is 1. The fourth-order valence-corrected chi connectivity index (χ4v) is 5.81. The summed E-state index contributed by atoms with van der Waals surface area (Å²) >= 11 is 1.72. The third-order valence-corrected chi connectivity index (χ3v) is 7.83. The molecule has 0 bridgehead atoms. The summed E-state index contributed by atoms with van der Waals surface area (Å²) in [6, 6.07) is 8.41. The maximum absolute atomic E-state index is 6.06. The monoisotopic (exact) mass is 442 g/mol. The largest absolute Gasteiger partial charge is 0.494 e. The molecule has 1 aromatic carbocycles. The second kappa shape index (κ2) is 13.9. The van der Waals surface area contributed by atoms with Crippen molar-refractivity contribution in [1.29, 1.82) is 0 Å². The van der Waals surface area contributed by atoms with Gasteiger partial charge in [0.2, 0.25) is 0 Å². The molecule has 1 saturated carbocycles. The van der Waals surface area contributed by atoms with E-state index < -0.39 is 0 Å². The quantitative estimate of drug-likeness (QED) is 0.275. The highest BCUT2D eigenvalue weighted by Crippen LogP contribution is 2.36. The molecule has 2 atom stereocenters. The average molecular weight is 443 g/mol. The van der Waals surface area contributed by atoms with Crippen LogP contribution in [0.1, 0.15) is 102 Å². The molecule has 31 heavy (non-hydrogen) atoms. The van der Waals surface area contributed by atoms with Crippen LogP contribution in [0.15, 0.2) is 24.3 Å². The lowest BCUT2D eigenvalue weighted by Gasteiger charge is -2.31. The zero-order valence-corrected chi connectivity index (χ0v) is 20.6. The van der Waals surface area contributed by atoms with E-state index in [0.29, 0.717) is 0 Å². The third kappa shape index (κ3) is 8.21. The van der Waals surface area contributed by atoms with Crippen molar-refractivity contribution < 1.29 is 4.74 Å². The van der Waals surface area contributed by atoms with Crippen LogP contribution in [0.4, 0.5) is 0 Å². The number of aryl methyl sites for hydroxylation is 1. The van der Waals surface area contributed by atoms with Crippen LogP contribution >= 0.6 is 11.3 Å². The van der Waals surface area contributed by atoms with Crippen LogP contribution in [0, 0.1) is 11.8 Å². The average Bonchev–Trinajstić information content (AvgIpc) is 3.27. The lowest BCUT2D eigenvalue weighted by atomic mass is 9.74. The second-order valence-corrected chi connectivity index (χ2v) is 10.3. The fourth-order valence-electron chi connectivity index (χ4n) is 4.93. The van der Waals surface area contributed by atoms with Crippen LogP contribution in [0.2, 0.25) is 0 Å². The van der Waals surface area contributed by atoms with Crippen molar-refractivity contribution in [2.75, 3.05) is 6.61 Å². The van der Waals surface area contributed by atoms with Crippen LogP contribution in [-0.4, -0.2) is 16.8 Å². The van der Waals surface area contributed by atoms with Gasteiger partial charge in [0.25, 0.3) is 0 Å². The van der Waals surface area contributed by atoms with Gasteiger partial charge in [0, 0.05) is 12.0 Å². The number of unbranched alkanes of at least 4 members (excludes halogenated alkanes) is 4. The summed E-state index contributed by atoms with van der Waals surface area (Å²) in [6.07, 6.45) is 18.7. The number of hydrogen-bond donors (Lipinski definition) is 0.